The Kier molecular flexibility index (Phi) is 6.25. The number of benzene rings is 1. The minimum absolute atomic E-state index is 0.0186. The van der Waals surface area contributed by atoms with Crippen molar-refractivity contribution in [2.75, 3.05) is 20.2 Å². The van der Waals surface area contributed by atoms with Gasteiger partial charge in [-0.3, -0.25) is 9.59 Å². The molecule has 1 aromatic rings. The number of terminal acetylenes is 1. The van der Waals surface area contributed by atoms with Crippen LogP contribution < -0.4 is 10.1 Å². The lowest BCUT2D eigenvalue weighted by atomic mass is 9.92. The number of carbonyl (C=O) groups is 2. The Balaban J connectivity index is 2.29. The van der Waals surface area contributed by atoms with E-state index in [1.54, 1.807) is 7.11 Å². The molecule has 0 spiro atoms. The van der Waals surface area contributed by atoms with Crippen molar-refractivity contribution in [3.8, 4) is 18.1 Å². The quantitative estimate of drug-likeness (QED) is 0.780. The van der Waals surface area contributed by atoms with Crippen molar-refractivity contribution in [1.29, 1.82) is 0 Å². The van der Waals surface area contributed by atoms with Crippen molar-refractivity contribution in [3.63, 3.8) is 0 Å². The van der Waals surface area contributed by atoms with Gasteiger partial charge in [0.2, 0.25) is 11.8 Å². The smallest absolute Gasteiger partial charge is 0.226 e. The lowest BCUT2D eigenvalue weighted by Crippen LogP contribution is -2.36. The van der Waals surface area contributed by atoms with Gasteiger partial charge in [-0.1, -0.05) is 31.4 Å². The van der Waals surface area contributed by atoms with E-state index in [1.807, 2.05) is 29.2 Å². The number of amides is 2. The summed E-state index contributed by atoms with van der Waals surface area (Å²) in [6, 6.07) is 7.29. The maximum Gasteiger partial charge on any atom is 0.226 e. The van der Waals surface area contributed by atoms with Gasteiger partial charge >= 0.3 is 0 Å². The monoisotopic (exact) mass is 328 g/mol. The number of nitrogens with one attached hydrogen (secondary N) is 1. The van der Waals surface area contributed by atoms with E-state index in [4.69, 9.17) is 11.2 Å². The Labute approximate surface area is 143 Å². The normalized spacial score (nSPS) is 19.9. The molecule has 24 heavy (non-hydrogen) atoms. The summed E-state index contributed by atoms with van der Waals surface area (Å²) in [5.74, 6) is 2.58. The average molecular weight is 328 g/mol. The summed E-state index contributed by atoms with van der Waals surface area (Å²) >= 11 is 0. The highest BCUT2D eigenvalue weighted by molar-refractivity contribution is 5.90. The van der Waals surface area contributed by atoms with Crippen LogP contribution in [0, 0.1) is 18.3 Å². The Morgan fingerprint density at radius 3 is 2.71 bits per heavy atom. The number of ether oxygens (including phenoxy) is 1. The first-order valence-corrected chi connectivity index (χ1v) is 8.27. The lowest BCUT2D eigenvalue weighted by molar-refractivity contribution is -0.129. The minimum Gasteiger partial charge on any atom is -0.497 e. The van der Waals surface area contributed by atoms with E-state index in [1.165, 1.54) is 0 Å². The van der Waals surface area contributed by atoms with Crippen molar-refractivity contribution in [2.24, 2.45) is 5.92 Å². The summed E-state index contributed by atoms with van der Waals surface area (Å²) in [6.07, 6.45) is 7.34. The molecule has 2 rings (SSSR count). The molecule has 0 radical (unpaired) electrons. The molecule has 2 amide bonds. The fourth-order valence-electron chi connectivity index (χ4n) is 3.10. The minimum atomic E-state index is -0.420. The van der Waals surface area contributed by atoms with E-state index < -0.39 is 5.92 Å². The second-order valence-corrected chi connectivity index (χ2v) is 5.89. The zero-order valence-corrected chi connectivity index (χ0v) is 14.2. The standard InChI is InChI=1S/C19H24N2O3/c1-4-6-12-21-17(22)13-16(19(23)20-11-5-2)18(21)14-7-9-15(24-3)10-8-14/h2,7-10,16,18H,4,6,11-13H2,1,3H3,(H,20,23)/t16-,18-/m0/s1. The van der Waals surface area contributed by atoms with E-state index in [9.17, 15) is 9.59 Å². The largest absolute Gasteiger partial charge is 0.497 e. The van der Waals surface area contributed by atoms with E-state index in [2.05, 4.69) is 18.2 Å². The molecule has 5 heteroatoms. The van der Waals surface area contributed by atoms with E-state index >= 15 is 0 Å². The molecule has 1 N–H and O–H groups in total. The third-order valence-electron chi connectivity index (χ3n) is 4.34. The predicted octanol–water partition coefficient (Wildman–Crippen LogP) is 2.13. The fourth-order valence-corrected chi connectivity index (χ4v) is 3.10. The number of rotatable bonds is 7. The highest BCUT2D eigenvalue weighted by Gasteiger charge is 2.43. The van der Waals surface area contributed by atoms with E-state index in [-0.39, 0.29) is 30.8 Å². The first kappa shape index (κ1) is 17.9. The number of carbonyl (C=O) groups excluding carboxylic acids is 2. The zero-order chi connectivity index (χ0) is 17.5. The Morgan fingerprint density at radius 2 is 2.12 bits per heavy atom. The van der Waals surface area contributed by atoms with Gasteiger partial charge in [0.05, 0.1) is 25.6 Å². The van der Waals surface area contributed by atoms with Gasteiger partial charge in [0, 0.05) is 13.0 Å². The summed E-state index contributed by atoms with van der Waals surface area (Å²) < 4.78 is 5.19. The van der Waals surface area contributed by atoms with Crippen LogP contribution in [0.4, 0.5) is 0 Å². The van der Waals surface area contributed by atoms with Crippen LogP contribution in [0.25, 0.3) is 0 Å². The average Bonchev–Trinajstić information content (AvgIpc) is 2.94. The number of unbranched alkanes of at least 4 members (excludes halogenated alkanes) is 1. The van der Waals surface area contributed by atoms with Crippen molar-refractivity contribution in [2.45, 2.75) is 32.2 Å². The molecule has 0 aliphatic carbocycles. The van der Waals surface area contributed by atoms with Crippen molar-refractivity contribution in [1.82, 2.24) is 10.2 Å². The van der Waals surface area contributed by atoms with Gasteiger partial charge in [-0.15, -0.1) is 6.42 Å². The lowest BCUT2D eigenvalue weighted by Gasteiger charge is -2.28. The molecule has 1 heterocycles. The molecule has 1 fully saturated rings. The summed E-state index contributed by atoms with van der Waals surface area (Å²) in [7, 11) is 1.61. The number of hydrogen-bond donors (Lipinski definition) is 1. The molecule has 0 unspecified atom stereocenters. The van der Waals surface area contributed by atoms with Crippen LogP contribution in [0.2, 0.25) is 0 Å². The molecular formula is C19H24N2O3. The summed E-state index contributed by atoms with van der Waals surface area (Å²) in [5.41, 5.74) is 0.943. The molecule has 1 aromatic carbocycles. The molecule has 2 atom stereocenters. The third-order valence-corrected chi connectivity index (χ3v) is 4.34. The fraction of sp³-hybridized carbons (Fsp3) is 0.474. The molecule has 5 nitrogen and oxygen atoms in total. The van der Waals surface area contributed by atoms with Crippen molar-refractivity contribution >= 4 is 11.8 Å². The van der Waals surface area contributed by atoms with Gasteiger partial charge in [-0.25, -0.2) is 0 Å². The second-order valence-electron chi connectivity index (χ2n) is 5.89. The SMILES string of the molecule is C#CCNC(=O)[C@H]1CC(=O)N(CCCC)[C@H]1c1ccc(OC)cc1. The molecule has 0 aromatic heterocycles. The number of likely N-dealkylation sites (tertiary alicyclic amines) is 1. The van der Waals surface area contributed by atoms with Crippen LogP contribution in [-0.4, -0.2) is 36.9 Å². The Hall–Kier alpha value is -2.48. The number of hydrogen-bond acceptors (Lipinski definition) is 3. The van der Waals surface area contributed by atoms with Crippen LogP contribution in [0.3, 0.4) is 0 Å². The van der Waals surface area contributed by atoms with Gasteiger partial charge in [0.25, 0.3) is 0 Å². The van der Waals surface area contributed by atoms with Crippen molar-refractivity contribution in [3.05, 3.63) is 29.8 Å². The predicted molar refractivity (Wildman–Crippen MR) is 92.3 cm³/mol. The maximum atomic E-state index is 12.5. The summed E-state index contributed by atoms with van der Waals surface area (Å²) in [5, 5.41) is 2.72. The van der Waals surface area contributed by atoms with E-state index in [0.29, 0.717) is 6.54 Å². The van der Waals surface area contributed by atoms with Crippen LogP contribution in [0.1, 0.15) is 37.8 Å². The second kappa shape index (κ2) is 8.39. The van der Waals surface area contributed by atoms with Gasteiger partial charge in [0.1, 0.15) is 5.75 Å². The number of methoxy groups -OCH3 is 1. The van der Waals surface area contributed by atoms with Crippen molar-refractivity contribution < 1.29 is 14.3 Å². The summed E-state index contributed by atoms with van der Waals surface area (Å²) in [4.78, 5) is 26.7. The highest BCUT2D eigenvalue weighted by Crippen LogP contribution is 2.39. The highest BCUT2D eigenvalue weighted by atomic mass is 16.5. The summed E-state index contributed by atoms with van der Waals surface area (Å²) in [6.45, 7) is 2.92. The van der Waals surface area contributed by atoms with E-state index in [0.717, 1.165) is 24.2 Å². The zero-order valence-electron chi connectivity index (χ0n) is 14.2. The van der Waals surface area contributed by atoms with Gasteiger partial charge in [-0.2, -0.15) is 0 Å². The molecule has 1 saturated heterocycles. The topological polar surface area (TPSA) is 58.6 Å². The van der Waals surface area contributed by atoms with Gasteiger partial charge < -0.3 is 15.0 Å². The first-order valence-electron chi connectivity index (χ1n) is 8.27. The molecule has 1 aliphatic heterocycles. The first-order chi connectivity index (χ1) is 11.6. The van der Waals surface area contributed by atoms with Crippen LogP contribution in [-0.2, 0) is 9.59 Å². The molecule has 1 aliphatic rings. The maximum absolute atomic E-state index is 12.5. The molecule has 0 bridgehead atoms. The molecule has 0 saturated carbocycles. The molecule has 128 valence electrons. The van der Waals surface area contributed by atoms with Crippen LogP contribution in [0.5, 0.6) is 5.75 Å². The molecular weight excluding hydrogens is 304 g/mol. The van der Waals surface area contributed by atoms with Crippen LogP contribution in [0.15, 0.2) is 24.3 Å². The van der Waals surface area contributed by atoms with Gasteiger partial charge in [-0.05, 0) is 24.1 Å². The third kappa shape index (κ3) is 3.88. The Morgan fingerprint density at radius 1 is 1.42 bits per heavy atom. The van der Waals surface area contributed by atoms with Gasteiger partial charge in [0.15, 0.2) is 0 Å². The number of nitrogens with zero attached hydrogens (tertiary/aromatic N) is 1. The van der Waals surface area contributed by atoms with Crippen LogP contribution >= 0.6 is 0 Å². The Bertz CT molecular complexity index is 618.